The van der Waals surface area contributed by atoms with Gasteiger partial charge in [0.15, 0.2) is 5.96 Å². The maximum Gasteiger partial charge on any atom is 0.490 e. The molecule has 0 radical (unpaired) electrons. The number of nitrogens with two attached hydrogens (primary N) is 1. The molecule has 5 aromatic rings. The number of rotatable bonds is 17. The number of guanidine groups is 1. The van der Waals surface area contributed by atoms with Gasteiger partial charge in [0.2, 0.25) is 17.7 Å². The zero-order chi connectivity index (χ0) is 45.6. The van der Waals surface area contributed by atoms with Crippen molar-refractivity contribution >= 4 is 35.7 Å². The number of nitrogens with one attached hydrogen (secondary N) is 5. The van der Waals surface area contributed by atoms with E-state index in [0.29, 0.717) is 6.42 Å². The molecule has 0 fully saturated rings. The maximum absolute atomic E-state index is 13.9. The number of carbonyl (C=O) groups excluding carboxylic acids is 4. The Bertz CT molecular complexity index is 2170. The Morgan fingerprint density at radius 1 is 0.603 bits per heavy atom. The van der Waals surface area contributed by atoms with Crippen LogP contribution >= 0.6 is 0 Å². The first-order valence-electron chi connectivity index (χ1n) is 19.7. The van der Waals surface area contributed by atoms with Crippen LogP contribution in [0.3, 0.4) is 0 Å². The van der Waals surface area contributed by atoms with E-state index in [9.17, 15) is 37.5 Å². The van der Waals surface area contributed by atoms with E-state index < -0.39 is 36.1 Å². The fraction of sp³-hybridized carbons (Fsp3) is 0.217. The monoisotopic (exact) mass is 867 g/mol. The molecular formula is C46H48F3N7O7. The lowest BCUT2D eigenvalue weighted by Crippen LogP contribution is -2.48. The minimum Gasteiger partial charge on any atom is -0.508 e. The van der Waals surface area contributed by atoms with Crippen LogP contribution in [-0.2, 0) is 25.7 Å². The summed E-state index contributed by atoms with van der Waals surface area (Å²) in [7, 11) is 0. The van der Waals surface area contributed by atoms with E-state index in [2.05, 4.69) is 31.6 Å². The predicted octanol–water partition coefficient (Wildman–Crippen LogP) is 5.30. The summed E-state index contributed by atoms with van der Waals surface area (Å²) in [4.78, 5) is 66.3. The van der Waals surface area contributed by atoms with Gasteiger partial charge in [-0.1, -0.05) is 133 Å². The first-order valence-corrected chi connectivity index (χ1v) is 19.7. The Labute approximate surface area is 361 Å². The number of aromatic hydroxyl groups is 1. The Hall–Kier alpha value is -7.69. The summed E-state index contributed by atoms with van der Waals surface area (Å²) in [6, 6.07) is 42.7. The molecule has 0 aromatic heterocycles. The molecule has 0 saturated carbocycles. The number of urea groups is 1. The summed E-state index contributed by atoms with van der Waals surface area (Å²) in [6.45, 7) is 0.702. The number of halogens is 3. The lowest BCUT2D eigenvalue weighted by molar-refractivity contribution is -0.192. The average molecular weight is 868 g/mol. The summed E-state index contributed by atoms with van der Waals surface area (Å²) in [5.74, 6) is -4.81. The lowest BCUT2D eigenvalue weighted by atomic mass is 9.90. The Morgan fingerprint density at radius 3 is 1.48 bits per heavy atom. The van der Waals surface area contributed by atoms with Gasteiger partial charge in [-0.3, -0.25) is 24.7 Å². The molecule has 0 aliphatic heterocycles. The Kier molecular flexibility index (Phi) is 18.7. The van der Waals surface area contributed by atoms with Crippen molar-refractivity contribution in [2.45, 2.75) is 43.4 Å². The van der Waals surface area contributed by atoms with Gasteiger partial charge in [-0.25, -0.2) is 9.59 Å². The maximum atomic E-state index is 13.9. The normalized spacial score (nSPS) is 11.7. The minimum atomic E-state index is -5.08. The third-order valence-corrected chi connectivity index (χ3v) is 9.22. The number of amides is 5. The van der Waals surface area contributed by atoms with Crippen molar-refractivity contribution in [1.82, 2.24) is 26.6 Å². The van der Waals surface area contributed by atoms with Gasteiger partial charge in [0.1, 0.15) is 11.8 Å². The van der Waals surface area contributed by atoms with Gasteiger partial charge in [-0.05, 0) is 52.8 Å². The van der Waals surface area contributed by atoms with Crippen LogP contribution in [0.25, 0.3) is 0 Å². The van der Waals surface area contributed by atoms with Gasteiger partial charge in [0.05, 0.1) is 11.8 Å². The summed E-state index contributed by atoms with van der Waals surface area (Å²) in [6.07, 6.45) is -4.49. The fourth-order valence-electron chi connectivity index (χ4n) is 6.18. The molecule has 0 heterocycles. The summed E-state index contributed by atoms with van der Waals surface area (Å²) >= 11 is 0. The van der Waals surface area contributed by atoms with Crippen LogP contribution in [0, 0.1) is 0 Å². The summed E-state index contributed by atoms with van der Waals surface area (Å²) < 4.78 is 31.7. The number of aliphatic carboxylic acids is 1. The second-order valence-electron chi connectivity index (χ2n) is 13.8. The molecule has 0 aliphatic rings. The number of alkyl halides is 3. The quantitative estimate of drug-likeness (QED) is 0.0347. The van der Waals surface area contributed by atoms with E-state index in [1.54, 1.807) is 12.1 Å². The lowest BCUT2D eigenvalue weighted by Gasteiger charge is -2.23. The first-order chi connectivity index (χ1) is 30.2. The van der Waals surface area contributed by atoms with E-state index in [1.165, 1.54) is 12.1 Å². The summed E-state index contributed by atoms with van der Waals surface area (Å²) in [5.41, 5.74) is 10.1. The third kappa shape index (κ3) is 16.4. The van der Waals surface area contributed by atoms with Crippen molar-refractivity contribution in [3.05, 3.63) is 173 Å². The predicted molar refractivity (Wildman–Crippen MR) is 230 cm³/mol. The van der Waals surface area contributed by atoms with Crippen LogP contribution in [-0.4, -0.2) is 77.7 Å². The van der Waals surface area contributed by atoms with Gasteiger partial charge < -0.3 is 37.2 Å². The molecule has 0 bridgehead atoms. The number of phenolic OH excluding ortho intramolecular Hbond substituents is 1. The van der Waals surface area contributed by atoms with E-state index in [4.69, 9.17) is 15.6 Å². The molecule has 0 aliphatic carbocycles. The molecule has 17 heteroatoms. The standard InChI is InChI=1S/C44H47N7O5.C2HF3O2/c45-43(51-44(56)48-29-28-46-41(54)38(32-14-5-1-6-15-32)33-16-7-2-8-17-33)47-27-13-22-37(40(53)49-30-31-23-25-36(52)26-24-31)50-42(55)39(34-18-9-3-10-19-34)35-20-11-4-12-21-35;3-2(4,5)1(6)7/h1-12,14-21,23-26,37-39,52H,13,22,27-30H2,(H,46,54)(H,49,53)(H,50,55)(H4,45,47,48,51,56);(H,6,7)/t37-;/m1./s1. The van der Waals surface area contributed by atoms with Gasteiger partial charge in [0.25, 0.3) is 0 Å². The number of benzene rings is 5. The molecule has 14 nitrogen and oxygen atoms in total. The van der Waals surface area contributed by atoms with Crippen LogP contribution in [0.5, 0.6) is 5.75 Å². The highest BCUT2D eigenvalue weighted by atomic mass is 19.4. The van der Waals surface area contributed by atoms with E-state index >= 15 is 0 Å². The van der Waals surface area contributed by atoms with Crippen LogP contribution in [0.15, 0.2) is 151 Å². The van der Waals surface area contributed by atoms with E-state index in [1.807, 2.05) is 121 Å². The molecule has 0 spiro atoms. The van der Waals surface area contributed by atoms with Crippen molar-refractivity contribution in [2.24, 2.45) is 10.7 Å². The van der Waals surface area contributed by atoms with Crippen molar-refractivity contribution in [1.29, 1.82) is 0 Å². The smallest absolute Gasteiger partial charge is 0.490 e. The molecule has 9 N–H and O–H groups in total. The second-order valence-corrected chi connectivity index (χ2v) is 13.8. The number of aliphatic imine (C=N–C) groups is 1. The highest BCUT2D eigenvalue weighted by Gasteiger charge is 2.38. The fourth-order valence-corrected chi connectivity index (χ4v) is 6.18. The number of carboxylic acid groups (broad SMARTS) is 1. The summed E-state index contributed by atoms with van der Waals surface area (Å²) in [5, 5.41) is 30.6. The molecule has 330 valence electrons. The van der Waals surface area contributed by atoms with Gasteiger partial charge in [-0.15, -0.1) is 0 Å². The Morgan fingerprint density at radius 2 is 1.03 bits per heavy atom. The van der Waals surface area contributed by atoms with Crippen molar-refractivity contribution in [3.63, 3.8) is 0 Å². The van der Waals surface area contributed by atoms with Crippen LogP contribution in [0.4, 0.5) is 18.0 Å². The molecule has 0 unspecified atom stereocenters. The zero-order valence-corrected chi connectivity index (χ0v) is 33.9. The number of phenols is 1. The molecule has 5 amide bonds. The minimum absolute atomic E-state index is 0.116. The SMILES string of the molecule is NC(=NCCC[C@@H](NC(=O)C(c1ccccc1)c1ccccc1)C(=O)NCc1ccc(O)cc1)NC(=O)NCCNC(=O)C(c1ccccc1)c1ccccc1.O=C(O)C(F)(F)F. The topological polar surface area (TPSA) is 224 Å². The Balaban J connectivity index is 0.00000115. The number of hydrogen-bond donors (Lipinski definition) is 8. The van der Waals surface area contributed by atoms with Gasteiger partial charge in [-0.2, -0.15) is 13.2 Å². The van der Waals surface area contributed by atoms with E-state index in [0.717, 1.165) is 27.8 Å². The van der Waals surface area contributed by atoms with Crippen molar-refractivity contribution in [2.75, 3.05) is 19.6 Å². The second kappa shape index (κ2) is 24.5. The zero-order valence-electron chi connectivity index (χ0n) is 33.9. The van der Waals surface area contributed by atoms with Crippen LogP contribution in [0.2, 0.25) is 0 Å². The van der Waals surface area contributed by atoms with Crippen LogP contribution < -0.4 is 32.3 Å². The number of carboxylic acids is 1. The molecular weight excluding hydrogens is 820 g/mol. The number of nitrogens with zero attached hydrogens (tertiary/aromatic N) is 1. The first kappa shape index (κ1) is 48.0. The van der Waals surface area contributed by atoms with Crippen molar-refractivity contribution in [3.8, 4) is 5.75 Å². The molecule has 1 atom stereocenters. The van der Waals surface area contributed by atoms with Gasteiger partial charge >= 0.3 is 18.2 Å². The molecule has 63 heavy (non-hydrogen) atoms. The van der Waals surface area contributed by atoms with Gasteiger partial charge in [0, 0.05) is 26.2 Å². The largest absolute Gasteiger partial charge is 0.508 e. The number of carbonyl (C=O) groups is 5. The molecule has 0 saturated heterocycles. The highest BCUT2D eigenvalue weighted by Crippen LogP contribution is 2.26. The van der Waals surface area contributed by atoms with Crippen LogP contribution in [0.1, 0.15) is 52.5 Å². The number of hydrogen-bond acceptors (Lipinski definition) is 7. The highest BCUT2D eigenvalue weighted by molar-refractivity contribution is 5.95. The van der Waals surface area contributed by atoms with Crippen molar-refractivity contribution < 1.29 is 47.4 Å². The molecule has 5 aromatic carbocycles. The van der Waals surface area contributed by atoms with E-state index in [-0.39, 0.29) is 62.0 Å². The average Bonchev–Trinajstić information content (AvgIpc) is 3.27. The third-order valence-electron chi connectivity index (χ3n) is 9.22. The molecule has 5 rings (SSSR count).